The molecule has 1 unspecified atom stereocenters. The van der Waals surface area contributed by atoms with Gasteiger partial charge < -0.3 is 20.1 Å². The van der Waals surface area contributed by atoms with Gasteiger partial charge in [0.1, 0.15) is 0 Å². The van der Waals surface area contributed by atoms with Gasteiger partial charge in [0.2, 0.25) is 5.89 Å². The van der Waals surface area contributed by atoms with E-state index < -0.39 is 0 Å². The maximum atomic E-state index is 6.02. The third-order valence-corrected chi connectivity index (χ3v) is 3.89. The van der Waals surface area contributed by atoms with Crippen molar-refractivity contribution in [3.63, 3.8) is 0 Å². The summed E-state index contributed by atoms with van der Waals surface area (Å²) in [5.74, 6) is 1.62. The Morgan fingerprint density at radius 3 is 2.79 bits per heavy atom. The van der Waals surface area contributed by atoms with Crippen LogP contribution in [0.1, 0.15) is 31.6 Å². The highest BCUT2D eigenvalue weighted by atomic mass is 16.5. The Hall–Kier alpha value is -0.980. The van der Waals surface area contributed by atoms with Crippen LogP contribution in [0.2, 0.25) is 0 Å². The first kappa shape index (κ1) is 14.4. The molecule has 2 heterocycles. The van der Waals surface area contributed by atoms with Crippen LogP contribution in [0.4, 0.5) is 0 Å². The molecule has 0 aliphatic carbocycles. The van der Waals surface area contributed by atoms with E-state index in [0.717, 1.165) is 31.9 Å². The number of piperazine rings is 1. The number of rotatable bonds is 4. The molecule has 0 saturated carbocycles. The molecular weight excluding hydrogens is 242 g/mol. The van der Waals surface area contributed by atoms with Crippen LogP contribution < -0.4 is 5.73 Å². The third kappa shape index (κ3) is 3.52. The average molecular weight is 267 g/mol. The number of hydrogen-bond acceptors (Lipinski definition) is 6. The highest BCUT2D eigenvalue weighted by molar-refractivity contribution is 4.96. The molecule has 0 bridgehead atoms. The van der Waals surface area contributed by atoms with E-state index in [1.165, 1.54) is 0 Å². The molecule has 108 valence electrons. The quantitative estimate of drug-likeness (QED) is 0.857. The lowest BCUT2D eigenvalue weighted by atomic mass is 10.1. The largest absolute Gasteiger partial charge is 0.338 e. The van der Waals surface area contributed by atoms with E-state index in [1.807, 2.05) is 0 Å². The molecule has 0 radical (unpaired) electrons. The van der Waals surface area contributed by atoms with Gasteiger partial charge in [-0.3, -0.25) is 0 Å². The van der Waals surface area contributed by atoms with Gasteiger partial charge in [-0.25, -0.2) is 0 Å². The molecule has 1 aromatic heterocycles. The lowest BCUT2D eigenvalue weighted by molar-refractivity contribution is 0.113. The van der Waals surface area contributed by atoms with Gasteiger partial charge in [0.25, 0.3) is 0 Å². The molecule has 6 nitrogen and oxygen atoms in total. The van der Waals surface area contributed by atoms with Gasteiger partial charge >= 0.3 is 0 Å². The second kappa shape index (κ2) is 5.98. The minimum Gasteiger partial charge on any atom is -0.338 e. The highest BCUT2D eigenvalue weighted by Gasteiger charge is 2.25. The van der Waals surface area contributed by atoms with Crippen LogP contribution in [0, 0.1) is 5.92 Å². The average Bonchev–Trinajstić information content (AvgIpc) is 2.81. The van der Waals surface area contributed by atoms with E-state index >= 15 is 0 Å². The summed E-state index contributed by atoms with van der Waals surface area (Å²) in [6, 6.07) is 0.271. The molecule has 1 aliphatic rings. The van der Waals surface area contributed by atoms with Crippen molar-refractivity contribution in [2.45, 2.75) is 32.4 Å². The highest BCUT2D eigenvalue weighted by Crippen LogP contribution is 2.18. The molecule has 0 spiro atoms. The lowest BCUT2D eigenvalue weighted by Crippen LogP contribution is -2.50. The van der Waals surface area contributed by atoms with Gasteiger partial charge in [-0.1, -0.05) is 19.0 Å². The van der Waals surface area contributed by atoms with E-state index in [2.05, 4.69) is 47.9 Å². The van der Waals surface area contributed by atoms with Crippen molar-refractivity contribution in [2.24, 2.45) is 11.7 Å². The first-order chi connectivity index (χ1) is 8.97. The molecule has 1 saturated heterocycles. The van der Waals surface area contributed by atoms with Crippen LogP contribution in [0.25, 0.3) is 0 Å². The molecule has 2 rings (SSSR count). The molecule has 0 aromatic carbocycles. The Morgan fingerprint density at radius 1 is 1.37 bits per heavy atom. The Balaban J connectivity index is 1.99. The maximum absolute atomic E-state index is 6.02. The Bertz CT molecular complexity index is 405. The fourth-order valence-corrected chi connectivity index (χ4v) is 2.30. The van der Waals surface area contributed by atoms with Crippen molar-refractivity contribution in [1.29, 1.82) is 0 Å². The summed E-state index contributed by atoms with van der Waals surface area (Å²) in [6.45, 7) is 7.34. The number of aromatic nitrogens is 2. The molecule has 2 N–H and O–H groups in total. The van der Waals surface area contributed by atoms with Gasteiger partial charge in [-0.05, 0) is 20.0 Å². The van der Waals surface area contributed by atoms with Gasteiger partial charge in [0, 0.05) is 32.1 Å². The molecule has 0 amide bonds. The first-order valence-corrected chi connectivity index (χ1v) is 6.94. The van der Waals surface area contributed by atoms with Crippen molar-refractivity contribution in [2.75, 3.05) is 33.7 Å². The molecule has 1 aliphatic heterocycles. The second-order valence-electron chi connectivity index (χ2n) is 5.92. The molecule has 6 heteroatoms. The SMILES string of the molecule is CC(C)[C@H](N)c1nc(CC2CN(C)CCN2C)no1. The minimum atomic E-state index is -0.173. The number of nitrogens with zero attached hydrogens (tertiary/aromatic N) is 4. The smallest absolute Gasteiger partial charge is 0.243 e. The molecule has 19 heavy (non-hydrogen) atoms. The number of hydrogen-bond donors (Lipinski definition) is 1. The normalized spacial score (nSPS) is 24.0. The van der Waals surface area contributed by atoms with Gasteiger partial charge in [0.15, 0.2) is 5.82 Å². The summed E-state index contributed by atoms with van der Waals surface area (Å²) >= 11 is 0. The molecule has 1 aromatic rings. The van der Waals surface area contributed by atoms with Crippen molar-refractivity contribution in [3.05, 3.63) is 11.7 Å². The number of nitrogens with two attached hydrogens (primary N) is 1. The lowest BCUT2D eigenvalue weighted by Gasteiger charge is -2.37. The monoisotopic (exact) mass is 267 g/mol. The Kier molecular flexibility index (Phi) is 4.54. The van der Waals surface area contributed by atoms with Crippen molar-refractivity contribution in [1.82, 2.24) is 19.9 Å². The minimum absolute atomic E-state index is 0.173. The van der Waals surface area contributed by atoms with Crippen molar-refractivity contribution >= 4 is 0 Å². The predicted octanol–water partition coefficient (Wildman–Crippen LogP) is 0.514. The van der Waals surface area contributed by atoms with E-state index in [1.54, 1.807) is 0 Å². The van der Waals surface area contributed by atoms with Crippen LogP contribution in [0.5, 0.6) is 0 Å². The zero-order valence-corrected chi connectivity index (χ0v) is 12.3. The fourth-order valence-electron chi connectivity index (χ4n) is 2.30. The Morgan fingerprint density at radius 2 is 2.11 bits per heavy atom. The summed E-state index contributed by atoms with van der Waals surface area (Å²) in [5.41, 5.74) is 6.02. The number of likely N-dealkylation sites (N-methyl/N-ethyl adjacent to an activating group) is 2. The van der Waals surface area contributed by atoms with Gasteiger partial charge in [-0.15, -0.1) is 0 Å². The van der Waals surface area contributed by atoms with E-state index in [9.17, 15) is 0 Å². The van der Waals surface area contributed by atoms with Crippen molar-refractivity contribution < 1.29 is 4.52 Å². The van der Waals surface area contributed by atoms with E-state index in [4.69, 9.17) is 10.3 Å². The fraction of sp³-hybridized carbons (Fsp3) is 0.846. The summed E-state index contributed by atoms with van der Waals surface area (Å²) in [5, 5.41) is 4.06. The first-order valence-electron chi connectivity index (χ1n) is 6.94. The van der Waals surface area contributed by atoms with Crippen molar-refractivity contribution in [3.8, 4) is 0 Å². The zero-order valence-electron chi connectivity index (χ0n) is 12.3. The third-order valence-electron chi connectivity index (χ3n) is 3.89. The topological polar surface area (TPSA) is 71.4 Å². The van der Waals surface area contributed by atoms with Crippen LogP contribution in [-0.2, 0) is 6.42 Å². The summed E-state index contributed by atoms with van der Waals surface area (Å²) < 4.78 is 5.27. The van der Waals surface area contributed by atoms with Gasteiger partial charge in [0.05, 0.1) is 6.04 Å². The maximum Gasteiger partial charge on any atom is 0.243 e. The molecule has 2 atom stereocenters. The Labute approximate surface area is 114 Å². The summed E-state index contributed by atoms with van der Waals surface area (Å²) in [4.78, 5) is 9.14. The van der Waals surface area contributed by atoms with E-state index in [-0.39, 0.29) is 6.04 Å². The zero-order chi connectivity index (χ0) is 14.0. The summed E-state index contributed by atoms with van der Waals surface area (Å²) in [6.07, 6.45) is 0.815. The second-order valence-corrected chi connectivity index (χ2v) is 5.92. The van der Waals surface area contributed by atoms with Crippen LogP contribution >= 0.6 is 0 Å². The van der Waals surface area contributed by atoms with Crippen LogP contribution in [-0.4, -0.2) is 59.7 Å². The van der Waals surface area contributed by atoms with E-state index in [0.29, 0.717) is 17.9 Å². The molecule has 1 fully saturated rings. The van der Waals surface area contributed by atoms with Gasteiger partial charge in [-0.2, -0.15) is 4.98 Å². The molecular formula is C13H25N5O. The van der Waals surface area contributed by atoms with Crippen LogP contribution in [0.15, 0.2) is 4.52 Å². The standard InChI is InChI=1S/C13H25N5O/c1-9(2)12(14)13-15-11(16-19-13)7-10-8-17(3)5-6-18(10)4/h9-10,12H,5-8,14H2,1-4H3/t10?,12-/m0/s1. The predicted molar refractivity (Wildman–Crippen MR) is 73.7 cm³/mol. The van der Waals surface area contributed by atoms with Crippen LogP contribution in [0.3, 0.4) is 0 Å². The summed E-state index contributed by atoms with van der Waals surface area (Å²) in [7, 11) is 4.30.